The van der Waals surface area contributed by atoms with Crippen molar-refractivity contribution < 1.29 is 9.21 Å². The molecule has 0 unspecified atom stereocenters. The van der Waals surface area contributed by atoms with Gasteiger partial charge >= 0.3 is 0 Å². The van der Waals surface area contributed by atoms with E-state index in [0.29, 0.717) is 18.1 Å². The molecule has 5 N–H and O–H groups in total. The fraction of sp³-hybridized carbons (Fsp3) is 0.167. The quantitative estimate of drug-likeness (QED) is 0.742. The number of carbonyl (C=O) groups is 1. The molecule has 0 saturated heterocycles. The Balaban J connectivity index is 2.12. The van der Waals surface area contributed by atoms with Crippen LogP contribution in [0.2, 0.25) is 0 Å². The molecule has 2 aromatic heterocycles. The minimum Gasteiger partial charge on any atom is -0.459 e. The number of carbonyl (C=O) groups excluding carboxylic acids is 1. The molecule has 0 radical (unpaired) electrons. The molecule has 0 bridgehead atoms. The van der Waals surface area contributed by atoms with Crippen LogP contribution in [0.15, 0.2) is 41.0 Å². The van der Waals surface area contributed by atoms with Crippen LogP contribution in [0.5, 0.6) is 0 Å². The third-order valence-electron chi connectivity index (χ3n) is 2.39. The van der Waals surface area contributed by atoms with E-state index in [1.165, 1.54) is 6.26 Å². The van der Waals surface area contributed by atoms with Gasteiger partial charge in [0.05, 0.1) is 18.0 Å². The summed E-state index contributed by atoms with van der Waals surface area (Å²) >= 11 is 0. The molecule has 0 aromatic carbocycles. The molecular formula is C12H14N4O2. The predicted octanol–water partition coefficient (Wildman–Crippen LogP) is 0.885. The second kappa shape index (κ2) is 5.44. The number of rotatable bonds is 4. The van der Waals surface area contributed by atoms with Crippen molar-refractivity contribution in [1.82, 2.24) is 4.98 Å². The van der Waals surface area contributed by atoms with Crippen LogP contribution in [0.25, 0.3) is 0 Å². The Kier molecular flexibility index (Phi) is 3.71. The van der Waals surface area contributed by atoms with Crippen LogP contribution in [-0.4, -0.2) is 17.4 Å². The second-order valence-corrected chi connectivity index (χ2v) is 3.72. The van der Waals surface area contributed by atoms with Gasteiger partial charge in [-0.2, -0.15) is 0 Å². The lowest BCUT2D eigenvalue weighted by Crippen LogP contribution is -2.22. The van der Waals surface area contributed by atoms with Crippen LogP contribution in [0.3, 0.4) is 0 Å². The van der Waals surface area contributed by atoms with Crippen LogP contribution in [0.1, 0.15) is 22.3 Å². The molecular weight excluding hydrogens is 232 g/mol. The highest BCUT2D eigenvalue weighted by atomic mass is 16.3. The van der Waals surface area contributed by atoms with Gasteiger partial charge in [-0.05, 0) is 24.3 Å². The van der Waals surface area contributed by atoms with Crippen molar-refractivity contribution in [3.05, 3.63) is 48.0 Å². The number of pyridine rings is 1. The summed E-state index contributed by atoms with van der Waals surface area (Å²) in [5, 5.41) is 2.62. The van der Waals surface area contributed by atoms with Gasteiger partial charge in [0.1, 0.15) is 5.82 Å². The van der Waals surface area contributed by atoms with Crippen molar-refractivity contribution in [3.8, 4) is 0 Å². The number of nitrogens with zero attached hydrogens (tertiary/aromatic N) is 1. The number of hydrogen-bond acceptors (Lipinski definition) is 5. The standard InChI is InChI=1S/C12H14N4O2/c13-7-8(14)9-3-1-5-11(15-9)16-12(17)10-4-2-6-18-10/h1-6,8H,7,13-14H2,(H,15,16,17)/t8-/m0/s1. The van der Waals surface area contributed by atoms with Crippen LogP contribution in [-0.2, 0) is 0 Å². The summed E-state index contributed by atoms with van der Waals surface area (Å²) < 4.78 is 4.98. The van der Waals surface area contributed by atoms with Crippen LogP contribution in [0, 0.1) is 0 Å². The van der Waals surface area contributed by atoms with Crippen molar-refractivity contribution in [3.63, 3.8) is 0 Å². The van der Waals surface area contributed by atoms with E-state index in [0.717, 1.165) is 0 Å². The molecule has 0 aliphatic carbocycles. The summed E-state index contributed by atoms with van der Waals surface area (Å²) in [5.74, 6) is 0.286. The van der Waals surface area contributed by atoms with Crippen LogP contribution >= 0.6 is 0 Å². The molecule has 6 nitrogen and oxygen atoms in total. The topological polar surface area (TPSA) is 107 Å². The van der Waals surface area contributed by atoms with Crippen LogP contribution < -0.4 is 16.8 Å². The molecule has 2 heterocycles. The van der Waals surface area contributed by atoms with Gasteiger partial charge in [-0.25, -0.2) is 4.98 Å². The Morgan fingerprint density at radius 2 is 2.22 bits per heavy atom. The third-order valence-corrected chi connectivity index (χ3v) is 2.39. The smallest absolute Gasteiger partial charge is 0.292 e. The number of anilines is 1. The fourth-order valence-electron chi connectivity index (χ4n) is 1.43. The molecule has 0 fully saturated rings. The maximum absolute atomic E-state index is 11.7. The lowest BCUT2D eigenvalue weighted by molar-refractivity contribution is 0.0996. The van der Waals surface area contributed by atoms with E-state index < -0.39 is 0 Å². The number of furan rings is 1. The van der Waals surface area contributed by atoms with Crippen LogP contribution in [0.4, 0.5) is 5.82 Å². The Bertz CT molecular complexity index is 525. The Morgan fingerprint density at radius 1 is 1.39 bits per heavy atom. The first-order valence-electron chi connectivity index (χ1n) is 5.48. The van der Waals surface area contributed by atoms with E-state index >= 15 is 0 Å². The van der Waals surface area contributed by atoms with Crippen molar-refractivity contribution in [2.24, 2.45) is 11.5 Å². The summed E-state index contributed by atoms with van der Waals surface area (Å²) in [5.41, 5.74) is 11.9. The highest BCUT2D eigenvalue weighted by molar-refractivity contribution is 6.01. The van der Waals surface area contributed by atoms with Gasteiger partial charge in [-0.3, -0.25) is 4.79 Å². The largest absolute Gasteiger partial charge is 0.459 e. The van der Waals surface area contributed by atoms with E-state index in [1.807, 2.05) is 0 Å². The maximum atomic E-state index is 11.7. The maximum Gasteiger partial charge on any atom is 0.292 e. The summed E-state index contributed by atoms with van der Waals surface area (Å²) in [6.45, 7) is 0.294. The molecule has 18 heavy (non-hydrogen) atoms. The second-order valence-electron chi connectivity index (χ2n) is 3.72. The molecule has 6 heteroatoms. The number of aromatic nitrogens is 1. The zero-order chi connectivity index (χ0) is 13.0. The summed E-state index contributed by atoms with van der Waals surface area (Å²) in [7, 11) is 0. The Hall–Kier alpha value is -2.18. The first kappa shape index (κ1) is 12.3. The molecule has 2 rings (SSSR count). The van der Waals surface area contributed by atoms with Gasteiger partial charge in [0.15, 0.2) is 5.76 Å². The van der Waals surface area contributed by atoms with Gasteiger partial charge in [0.25, 0.3) is 5.91 Å². The highest BCUT2D eigenvalue weighted by Crippen LogP contribution is 2.11. The fourth-order valence-corrected chi connectivity index (χ4v) is 1.43. The number of amides is 1. The molecule has 0 saturated carbocycles. The molecule has 0 aliphatic rings. The van der Waals surface area contributed by atoms with Crippen molar-refractivity contribution in [2.45, 2.75) is 6.04 Å². The van der Waals surface area contributed by atoms with Crippen molar-refractivity contribution >= 4 is 11.7 Å². The van der Waals surface area contributed by atoms with Gasteiger partial charge in [0.2, 0.25) is 0 Å². The Morgan fingerprint density at radius 3 is 2.89 bits per heavy atom. The SMILES string of the molecule is NC[C@H](N)c1cccc(NC(=O)c2ccco2)n1. The van der Waals surface area contributed by atoms with Gasteiger partial charge in [-0.15, -0.1) is 0 Å². The monoisotopic (exact) mass is 246 g/mol. The molecule has 94 valence electrons. The van der Waals surface area contributed by atoms with Crippen molar-refractivity contribution in [1.29, 1.82) is 0 Å². The first-order valence-corrected chi connectivity index (χ1v) is 5.48. The summed E-state index contributed by atoms with van der Waals surface area (Å²) in [6, 6.07) is 8.07. The van der Waals surface area contributed by atoms with Gasteiger partial charge in [-0.1, -0.05) is 6.07 Å². The van der Waals surface area contributed by atoms with Gasteiger partial charge < -0.3 is 21.2 Å². The minimum absolute atomic E-state index is 0.227. The van der Waals surface area contributed by atoms with E-state index in [-0.39, 0.29) is 17.7 Å². The van der Waals surface area contributed by atoms with Crippen molar-refractivity contribution in [2.75, 3.05) is 11.9 Å². The van der Waals surface area contributed by atoms with E-state index in [9.17, 15) is 4.79 Å². The lowest BCUT2D eigenvalue weighted by atomic mass is 10.2. The lowest BCUT2D eigenvalue weighted by Gasteiger charge is -2.09. The first-order chi connectivity index (χ1) is 8.70. The zero-order valence-electron chi connectivity index (χ0n) is 9.67. The predicted molar refractivity (Wildman–Crippen MR) is 66.9 cm³/mol. The average molecular weight is 246 g/mol. The molecule has 2 aromatic rings. The Labute approximate surface area is 104 Å². The van der Waals surface area contributed by atoms with Gasteiger partial charge in [0, 0.05) is 6.54 Å². The normalized spacial score (nSPS) is 12.1. The van der Waals surface area contributed by atoms with E-state index in [4.69, 9.17) is 15.9 Å². The summed E-state index contributed by atoms with van der Waals surface area (Å²) in [4.78, 5) is 15.9. The summed E-state index contributed by atoms with van der Waals surface area (Å²) in [6.07, 6.45) is 1.43. The van der Waals surface area contributed by atoms with E-state index in [2.05, 4.69) is 10.3 Å². The highest BCUT2D eigenvalue weighted by Gasteiger charge is 2.11. The minimum atomic E-state index is -0.356. The molecule has 1 amide bonds. The third kappa shape index (κ3) is 2.73. The number of nitrogens with one attached hydrogen (secondary N) is 1. The molecule has 1 atom stereocenters. The molecule has 0 spiro atoms. The zero-order valence-corrected chi connectivity index (χ0v) is 9.67. The number of hydrogen-bond donors (Lipinski definition) is 3. The number of nitrogens with two attached hydrogens (primary N) is 2. The van der Waals surface area contributed by atoms with E-state index in [1.54, 1.807) is 30.3 Å². The average Bonchev–Trinajstić information content (AvgIpc) is 2.92. The molecule has 0 aliphatic heterocycles.